The molecule has 1 aromatic carbocycles. The van der Waals surface area contributed by atoms with Crippen molar-refractivity contribution in [3.63, 3.8) is 0 Å². The van der Waals surface area contributed by atoms with Crippen LogP contribution in [-0.4, -0.2) is 18.0 Å². The van der Waals surface area contributed by atoms with E-state index in [1.165, 1.54) is 21.0 Å². The molecule has 0 heterocycles. The van der Waals surface area contributed by atoms with Crippen molar-refractivity contribution in [2.24, 2.45) is 10.2 Å². The minimum absolute atomic E-state index is 0.0593. The first-order chi connectivity index (χ1) is 8.06. The smallest absolute Gasteiger partial charge is 0.183 e. The molecule has 17 heavy (non-hydrogen) atoms. The van der Waals surface area contributed by atoms with Crippen LogP contribution < -0.4 is 4.74 Å². The summed E-state index contributed by atoms with van der Waals surface area (Å²) in [4.78, 5) is 11.2. The lowest BCUT2D eigenvalue weighted by atomic mass is 10.3. The predicted molar refractivity (Wildman–Crippen MR) is 63.5 cm³/mol. The first kappa shape index (κ1) is 12.9. The van der Waals surface area contributed by atoms with E-state index in [0.717, 1.165) is 0 Å². The third-order valence-electron chi connectivity index (χ3n) is 2.02. The Kier molecular flexibility index (Phi) is 4.39. The lowest BCUT2D eigenvalue weighted by molar-refractivity contribution is -0.113. The number of azo groups is 1. The summed E-state index contributed by atoms with van der Waals surface area (Å²) in [5, 5.41) is 16.9. The molecule has 0 bridgehead atoms. The SMILES string of the molecule is COc1ccccc1N=N/C(C(C)=O)=C(/C)O. The number of para-hydroxylation sites is 1. The van der Waals surface area contributed by atoms with E-state index >= 15 is 0 Å². The van der Waals surface area contributed by atoms with Crippen LogP contribution in [0.4, 0.5) is 5.69 Å². The molecule has 0 aliphatic carbocycles. The predicted octanol–water partition coefficient (Wildman–Crippen LogP) is 3.16. The van der Waals surface area contributed by atoms with Gasteiger partial charge in [-0.1, -0.05) is 12.1 Å². The molecule has 0 amide bonds. The topological polar surface area (TPSA) is 71.2 Å². The maximum atomic E-state index is 11.2. The van der Waals surface area contributed by atoms with Crippen LogP contribution in [0.2, 0.25) is 0 Å². The zero-order valence-corrected chi connectivity index (χ0v) is 9.97. The van der Waals surface area contributed by atoms with Gasteiger partial charge >= 0.3 is 0 Å². The standard InChI is InChI=1S/C12H14N2O3/c1-8(15)12(9(2)16)14-13-10-6-4-5-7-11(10)17-3/h4-7,15H,1-3H3/b12-8-,14-13?. The summed E-state index contributed by atoms with van der Waals surface area (Å²) in [6.45, 7) is 2.70. The number of ketones is 1. The van der Waals surface area contributed by atoms with Gasteiger partial charge in [0, 0.05) is 6.92 Å². The van der Waals surface area contributed by atoms with Gasteiger partial charge in [-0.25, -0.2) is 0 Å². The number of aliphatic hydroxyl groups excluding tert-OH is 1. The third kappa shape index (κ3) is 3.41. The quantitative estimate of drug-likeness (QED) is 0.494. The highest BCUT2D eigenvalue weighted by molar-refractivity contribution is 5.93. The number of ether oxygens (including phenoxy) is 1. The molecule has 0 radical (unpaired) electrons. The molecule has 0 aliphatic heterocycles. The Morgan fingerprint density at radius 1 is 1.29 bits per heavy atom. The van der Waals surface area contributed by atoms with Crippen molar-refractivity contribution in [3.8, 4) is 5.75 Å². The van der Waals surface area contributed by atoms with Crippen LogP contribution in [0.15, 0.2) is 46.0 Å². The summed E-state index contributed by atoms with van der Waals surface area (Å²) in [5.74, 6) is 0.0505. The lowest BCUT2D eigenvalue weighted by Crippen LogP contribution is -1.96. The van der Waals surface area contributed by atoms with Gasteiger partial charge in [0.15, 0.2) is 11.5 Å². The third-order valence-corrected chi connectivity index (χ3v) is 2.02. The number of hydrogen-bond donors (Lipinski definition) is 1. The first-order valence-electron chi connectivity index (χ1n) is 5.01. The van der Waals surface area contributed by atoms with Crippen molar-refractivity contribution in [1.29, 1.82) is 0 Å². The molecule has 0 aliphatic rings. The van der Waals surface area contributed by atoms with Crippen molar-refractivity contribution in [2.45, 2.75) is 13.8 Å². The number of carbonyl (C=O) groups excluding carboxylic acids is 1. The molecule has 0 saturated carbocycles. The van der Waals surface area contributed by atoms with Gasteiger partial charge in [0.2, 0.25) is 0 Å². The Morgan fingerprint density at radius 2 is 1.94 bits per heavy atom. The van der Waals surface area contributed by atoms with E-state index in [1.807, 2.05) is 0 Å². The van der Waals surface area contributed by atoms with Crippen LogP contribution >= 0.6 is 0 Å². The monoisotopic (exact) mass is 234 g/mol. The van der Waals surface area contributed by atoms with Crippen molar-refractivity contribution >= 4 is 11.5 Å². The Morgan fingerprint density at radius 3 is 2.47 bits per heavy atom. The highest BCUT2D eigenvalue weighted by Crippen LogP contribution is 2.27. The average Bonchev–Trinajstić information content (AvgIpc) is 2.29. The van der Waals surface area contributed by atoms with E-state index in [9.17, 15) is 9.90 Å². The summed E-state index contributed by atoms with van der Waals surface area (Å²) in [7, 11) is 1.52. The van der Waals surface area contributed by atoms with E-state index in [2.05, 4.69) is 10.2 Å². The van der Waals surface area contributed by atoms with E-state index < -0.39 is 0 Å². The highest BCUT2D eigenvalue weighted by atomic mass is 16.5. The maximum Gasteiger partial charge on any atom is 0.183 e. The van der Waals surface area contributed by atoms with Gasteiger partial charge < -0.3 is 9.84 Å². The van der Waals surface area contributed by atoms with Crippen molar-refractivity contribution in [3.05, 3.63) is 35.7 Å². The molecule has 0 fully saturated rings. The van der Waals surface area contributed by atoms with Crippen LogP contribution in [-0.2, 0) is 4.79 Å². The number of benzene rings is 1. The van der Waals surface area contributed by atoms with E-state index in [1.54, 1.807) is 24.3 Å². The van der Waals surface area contributed by atoms with E-state index in [4.69, 9.17) is 4.74 Å². The number of carbonyl (C=O) groups is 1. The fraction of sp³-hybridized carbons (Fsp3) is 0.250. The number of nitrogens with zero attached hydrogens (tertiary/aromatic N) is 2. The van der Waals surface area contributed by atoms with Gasteiger partial charge in [-0.15, -0.1) is 10.2 Å². The molecular weight excluding hydrogens is 220 g/mol. The van der Waals surface area contributed by atoms with Gasteiger partial charge in [-0.05, 0) is 19.1 Å². The molecule has 5 heteroatoms. The van der Waals surface area contributed by atoms with Crippen molar-refractivity contribution in [2.75, 3.05) is 7.11 Å². The number of rotatable bonds is 4. The van der Waals surface area contributed by atoms with Crippen molar-refractivity contribution < 1.29 is 14.6 Å². The number of methoxy groups -OCH3 is 1. The highest BCUT2D eigenvalue weighted by Gasteiger charge is 2.07. The number of hydrogen-bond acceptors (Lipinski definition) is 5. The normalized spacial score (nSPS) is 12.4. The van der Waals surface area contributed by atoms with E-state index in [0.29, 0.717) is 11.4 Å². The summed E-state index contributed by atoms with van der Waals surface area (Å²) >= 11 is 0. The fourth-order valence-corrected chi connectivity index (χ4v) is 1.21. The Hall–Kier alpha value is -2.17. The number of allylic oxidation sites excluding steroid dienone is 2. The van der Waals surface area contributed by atoms with Gasteiger partial charge in [0.1, 0.15) is 17.2 Å². The molecule has 90 valence electrons. The van der Waals surface area contributed by atoms with Crippen LogP contribution in [0.5, 0.6) is 5.75 Å². The minimum atomic E-state index is -0.344. The zero-order chi connectivity index (χ0) is 12.8. The molecule has 1 aromatic rings. The second-order valence-electron chi connectivity index (χ2n) is 3.36. The van der Waals surface area contributed by atoms with E-state index in [-0.39, 0.29) is 17.2 Å². The molecule has 5 nitrogen and oxygen atoms in total. The molecule has 0 atom stereocenters. The largest absolute Gasteiger partial charge is 0.510 e. The zero-order valence-electron chi connectivity index (χ0n) is 9.97. The molecule has 0 aromatic heterocycles. The number of Topliss-reactive ketones (excluding diaryl/α,β-unsaturated/α-hetero) is 1. The molecule has 0 unspecified atom stereocenters. The first-order valence-corrected chi connectivity index (χ1v) is 5.01. The lowest BCUT2D eigenvalue weighted by Gasteiger charge is -2.02. The van der Waals surface area contributed by atoms with Crippen LogP contribution in [0.3, 0.4) is 0 Å². The van der Waals surface area contributed by atoms with Crippen LogP contribution in [0, 0.1) is 0 Å². The molecule has 1 rings (SSSR count). The maximum absolute atomic E-state index is 11.2. The van der Waals surface area contributed by atoms with Gasteiger partial charge in [-0.3, -0.25) is 4.79 Å². The Balaban J connectivity index is 3.05. The molecule has 1 N–H and O–H groups in total. The molecular formula is C12H14N2O3. The summed E-state index contributed by atoms with van der Waals surface area (Å²) in [5.41, 5.74) is 0.436. The van der Waals surface area contributed by atoms with Gasteiger partial charge in [0.05, 0.1) is 7.11 Å². The Labute approximate surface area is 99.4 Å². The summed E-state index contributed by atoms with van der Waals surface area (Å²) < 4.78 is 5.08. The average molecular weight is 234 g/mol. The minimum Gasteiger partial charge on any atom is -0.510 e. The van der Waals surface area contributed by atoms with Gasteiger partial charge in [0.25, 0.3) is 0 Å². The van der Waals surface area contributed by atoms with Crippen LogP contribution in [0.25, 0.3) is 0 Å². The van der Waals surface area contributed by atoms with Crippen molar-refractivity contribution in [1.82, 2.24) is 0 Å². The second-order valence-corrected chi connectivity index (χ2v) is 3.36. The summed E-state index contributed by atoms with van der Waals surface area (Å²) in [6.07, 6.45) is 0. The number of aliphatic hydroxyl groups is 1. The van der Waals surface area contributed by atoms with Gasteiger partial charge in [-0.2, -0.15) is 0 Å². The molecule has 0 saturated heterocycles. The molecule has 0 spiro atoms. The second kappa shape index (κ2) is 5.79. The Bertz CT molecular complexity index is 474. The summed E-state index contributed by atoms with van der Waals surface area (Å²) in [6, 6.07) is 7.01. The fourth-order valence-electron chi connectivity index (χ4n) is 1.21. The van der Waals surface area contributed by atoms with Crippen LogP contribution in [0.1, 0.15) is 13.8 Å².